The normalized spacial score (nSPS) is 10.2. The number of benzene rings is 2. The van der Waals surface area contributed by atoms with Crippen molar-refractivity contribution in [3.8, 4) is 5.75 Å². The second kappa shape index (κ2) is 6.09. The van der Waals surface area contributed by atoms with Crippen LogP contribution in [0.25, 0.3) is 0 Å². The molecule has 2 aromatic rings. The summed E-state index contributed by atoms with van der Waals surface area (Å²) < 4.78 is 5.33. The largest absolute Gasteiger partial charge is 0.496 e. The van der Waals surface area contributed by atoms with Gasteiger partial charge in [0, 0.05) is 0 Å². The van der Waals surface area contributed by atoms with E-state index in [0.717, 1.165) is 18.6 Å². The Kier molecular flexibility index (Phi) is 4.20. The van der Waals surface area contributed by atoms with E-state index in [4.69, 9.17) is 4.74 Å². The summed E-state index contributed by atoms with van der Waals surface area (Å²) >= 11 is 0. The molecule has 87 valence electrons. The highest BCUT2D eigenvalue weighted by Crippen LogP contribution is 2.20. The third kappa shape index (κ3) is 3.35. The molecule has 0 saturated heterocycles. The van der Waals surface area contributed by atoms with E-state index in [1.54, 1.807) is 7.11 Å². The van der Waals surface area contributed by atoms with Gasteiger partial charge >= 0.3 is 0 Å². The van der Waals surface area contributed by atoms with E-state index in [-0.39, 0.29) is 0 Å². The zero-order chi connectivity index (χ0) is 11.9. The van der Waals surface area contributed by atoms with Gasteiger partial charge in [0.05, 0.1) is 7.11 Å². The molecule has 2 aromatic carbocycles. The molecular formula is C16H17O. The first-order valence-electron chi connectivity index (χ1n) is 5.90. The van der Waals surface area contributed by atoms with Crippen molar-refractivity contribution in [2.45, 2.75) is 12.8 Å². The molecule has 0 saturated carbocycles. The lowest BCUT2D eigenvalue weighted by Crippen LogP contribution is -1.92. The predicted octanol–water partition coefficient (Wildman–Crippen LogP) is 3.88. The Balaban J connectivity index is 1.90. The van der Waals surface area contributed by atoms with Gasteiger partial charge in [-0.1, -0.05) is 48.5 Å². The molecule has 0 unspecified atom stereocenters. The lowest BCUT2D eigenvalue weighted by atomic mass is 10.0. The molecule has 0 bridgehead atoms. The summed E-state index contributed by atoms with van der Waals surface area (Å²) in [7, 11) is 1.72. The van der Waals surface area contributed by atoms with Gasteiger partial charge in [0.15, 0.2) is 0 Å². The van der Waals surface area contributed by atoms with Crippen LogP contribution in [0.4, 0.5) is 0 Å². The first-order chi connectivity index (χ1) is 8.40. The van der Waals surface area contributed by atoms with Crippen molar-refractivity contribution in [3.63, 3.8) is 0 Å². The Labute approximate surface area is 103 Å². The van der Waals surface area contributed by atoms with Gasteiger partial charge in [0.25, 0.3) is 0 Å². The van der Waals surface area contributed by atoms with Crippen LogP contribution in [-0.2, 0) is 6.42 Å². The summed E-state index contributed by atoms with van der Waals surface area (Å²) in [6, 6.07) is 18.6. The lowest BCUT2D eigenvalue weighted by Gasteiger charge is -2.07. The topological polar surface area (TPSA) is 9.23 Å². The summed E-state index contributed by atoms with van der Waals surface area (Å²) in [6.07, 6.45) is 4.30. The van der Waals surface area contributed by atoms with Gasteiger partial charge in [-0.15, -0.1) is 0 Å². The van der Waals surface area contributed by atoms with Crippen molar-refractivity contribution >= 4 is 0 Å². The summed E-state index contributed by atoms with van der Waals surface area (Å²) in [5.41, 5.74) is 2.55. The number of methoxy groups -OCH3 is 1. The van der Waals surface area contributed by atoms with Crippen molar-refractivity contribution in [1.82, 2.24) is 0 Å². The summed E-state index contributed by atoms with van der Waals surface area (Å²) in [5.74, 6) is 0.981. The molecule has 0 spiro atoms. The fourth-order valence-electron chi connectivity index (χ4n) is 1.89. The highest BCUT2D eigenvalue weighted by atomic mass is 16.5. The van der Waals surface area contributed by atoms with E-state index >= 15 is 0 Å². The minimum atomic E-state index is 0.981. The van der Waals surface area contributed by atoms with Crippen molar-refractivity contribution < 1.29 is 4.74 Å². The zero-order valence-corrected chi connectivity index (χ0v) is 10.1. The van der Waals surface area contributed by atoms with E-state index in [2.05, 4.69) is 42.8 Å². The van der Waals surface area contributed by atoms with Crippen LogP contribution in [0, 0.1) is 6.42 Å². The average molecular weight is 225 g/mol. The molecule has 0 aliphatic rings. The number of aryl methyl sites for hydroxylation is 1. The summed E-state index contributed by atoms with van der Waals surface area (Å²) in [5, 5.41) is 0. The molecule has 0 fully saturated rings. The third-order valence-corrected chi connectivity index (χ3v) is 2.79. The van der Waals surface area contributed by atoms with Gasteiger partial charge < -0.3 is 4.74 Å². The molecule has 0 heterocycles. The van der Waals surface area contributed by atoms with Gasteiger partial charge in [0.1, 0.15) is 5.75 Å². The Bertz CT molecular complexity index is 448. The molecule has 0 amide bonds. The van der Waals surface area contributed by atoms with Gasteiger partial charge in [0.2, 0.25) is 0 Å². The second-order valence-corrected chi connectivity index (χ2v) is 3.97. The van der Waals surface area contributed by atoms with Crippen LogP contribution in [-0.4, -0.2) is 7.11 Å². The maximum absolute atomic E-state index is 5.33. The average Bonchev–Trinajstić information content (AvgIpc) is 2.40. The zero-order valence-electron chi connectivity index (χ0n) is 10.1. The number of ether oxygens (including phenoxy) is 1. The van der Waals surface area contributed by atoms with E-state index in [0.29, 0.717) is 0 Å². The predicted molar refractivity (Wildman–Crippen MR) is 71.2 cm³/mol. The van der Waals surface area contributed by atoms with Crippen molar-refractivity contribution in [3.05, 3.63) is 72.1 Å². The van der Waals surface area contributed by atoms with Crippen LogP contribution in [0.3, 0.4) is 0 Å². The van der Waals surface area contributed by atoms with Crippen LogP contribution in [0.15, 0.2) is 54.6 Å². The number of para-hydroxylation sites is 1. The lowest BCUT2D eigenvalue weighted by molar-refractivity contribution is 0.409. The number of rotatable bonds is 5. The van der Waals surface area contributed by atoms with Gasteiger partial charge in [-0.3, -0.25) is 0 Å². The van der Waals surface area contributed by atoms with Crippen LogP contribution in [0.5, 0.6) is 5.75 Å². The Hall–Kier alpha value is -1.76. The molecule has 1 nitrogen and oxygen atoms in total. The maximum atomic E-state index is 5.33. The van der Waals surface area contributed by atoms with Gasteiger partial charge in [-0.2, -0.15) is 0 Å². The van der Waals surface area contributed by atoms with Crippen LogP contribution >= 0.6 is 0 Å². The van der Waals surface area contributed by atoms with Crippen LogP contribution in [0.1, 0.15) is 17.5 Å². The molecule has 0 aliphatic heterocycles. The Morgan fingerprint density at radius 3 is 2.41 bits per heavy atom. The van der Waals surface area contributed by atoms with Gasteiger partial charge in [-0.05, 0) is 36.5 Å². The highest BCUT2D eigenvalue weighted by molar-refractivity contribution is 5.34. The van der Waals surface area contributed by atoms with E-state index in [1.807, 2.05) is 18.2 Å². The fraction of sp³-hybridized carbons (Fsp3) is 0.188. The molecule has 1 radical (unpaired) electrons. The molecular weight excluding hydrogens is 208 g/mol. The molecule has 2 rings (SSSR count). The summed E-state index contributed by atoms with van der Waals surface area (Å²) in [6.45, 7) is 0. The van der Waals surface area contributed by atoms with Crippen LogP contribution in [0.2, 0.25) is 0 Å². The van der Waals surface area contributed by atoms with Crippen molar-refractivity contribution in [2.75, 3.05) is 7.11 Å². The van der Waals surface area contributed by atoms with E-state index in [1.165, 1.54) is 11.1 Å². The molecule has 0 aromatic heterocycles. The first-order valence-corrected chi connectivity index (χ1v) is 5.90. The Morgan fingerprint density at radius 2 is 1.65 bits per heavy atom. The third-order valence-electron chi connectivity index (χ3n) is 2.79. The highest BCUT2D eigenvalue weighted by Gasteiger charge is 2.01. The van der Waals surface area contributed by atoms with Crippen LogP contribution < -0.4 is 4.74 Å². The van der Waals surface area contributed by atoms with E-state index < -0.39 is 0 Å². The quantitative estimate of drug-likeness (QED) is 0.750. The molecule has 17 heavy (non-hydrogen) atoms. The fourth-order valence-corrected chi connectivity index (χ4v) is 1.89. The molecule has 0 atom stereocenters. The maximum Gasteiger partial charge on any atom is 0.122 e. The minimum Gasteiger partial charge on any atom is -0.496 e. The number of hydrogen-bond donors (Lipinski definition) is 0. The molecule has 1 heteroatoms. The Morgan fingerprint density at radius 1 is 0.941 bits per heavy atom. The van der Waals surface area contributed by atoms with Gasteiger partial charge in [-0.25, -0.2) is 0 Å². The van der Waals surface area contributed by atoms with Crippen molar-refractivity contribution in [2.24, 2.45) is 0 Å². The first kappa shape index (κ1) is 11.7. The van der Waals surface area contributed by atoms with E-state index in [9.17, 15) is 0 Å². The second-order valence-electron chi connectivity index (χ2n) is 3.97. The molecule has 0 aliphatic carbocycles. The molecule has 0 N–H and O–H groups in total. The monoisotopic (exact) mass is 225 g/mol. The number of hydrogen-bond acceptors (Lipinski definition) is 1. The SMILES string of the molecule is COc1ccccc1CC[CH]c1ccccc1. The standard InChI is InChI=1S/C16H17O/c1-17-16-13-6-5-11-15(16)12-7-10-14-8-3-2-4-9-14/h2-6,8-11,13H,7,12H2,1H3. The summed E-state index contributed by atoms with van der Waals surface area (Å²) in [4.78, 5) is 0. The van der Waals surface area contributed by atoms with Crippen molar-refractivity contribution in [1.29, 1.82) is 0 Å². The minimum absolute atomic E-state index is 0.981. The smallest absolute Gasteiger partial charge is 0.122 e.